The van der Waals surface area contributed by atoms with E-state index in [-0.39, 0.29) is 11.5 Å². The molecule has 1 aliphatic heterocycles. The van der Waals surface area contributed by atoms with Crippen LogP contribution < -0.4 is 0 Å². The molecule has 2 heterocycles. The van der Waals surface area contributed by atoms with E-state index in [4.69, 9.17) is 0 Å². The predicted molar refractivity (Wildman–Crippen MR) is 64.4 cm³/mol. The van der Waals surface area contributed by atoms with Crippen LogP contribution >= 0.6 is 0 Å². The van der Waals surface area contributed by atoms with Gasteiger partial charge in [0.1, 0.15) is 5.82 Å². The fourth-order valence-corrected chi connectivity index (χ4v) is 4.19. The van der Waals surface area contributed by atoms with Gasteiger partial charge in [0.05, 0.1) is 17.1 Å². The molecule has 0 bridgehead atoms. The van der Waals surface area contributed by atoms with Crippen LogP contribution in [0.3, 0.4) is 0 Å². The van der Waals surface area contributed by atoms with E-state index in [9.17, 15) is 13.5 Å². The molecule has 0 saturated carbocycles. The summed E-state index contributed by atoms with van der Waals surface area (Å²) in [6, 6.07) is 0. The number of aryl methyl sites for hydroxylation is 1. The third kappa shape index (κ3) is 2.87. The number of sulfone groups is 1. The lowest BCUT2D eigenvalue weighted by Gasteiger charge is -2.20. The lowest BCUT2D eigenvalue weighted by Crippen LogP contribution is -2.34. The minimum atomic E-state index is -3.07. The van der Waals surface area contributed by atoms with Crippen molar-refractivity contribution in [3.63, 3.8) is 0 Å². The largest absolute Gasteiger partial charge is 0.388 e. The molecule has 1 aromatic rings. The Bertz CT molecular complexity index is 495. The van der Waals surface area contributed by atoms with Crippen LogP contribution in [0.1, 0.15) is 25.6 Å². The number of aromatic nitrogens is 2. The van der Waals surface area contributed by atoms with Crippen molar-refractivity contribution in [3.05, 3.63) is 18.2 Å². The molecule has 0 amide bonds. The van der Waals surface area contributed by atoms with E-state index < -0.39 is 15.4 Å². The van der Waals surface area contributed by atoms with E-state index in [1.807, 2.05) is 10.8 Å². The van der Waals surface area contributed by atoms with Gasteiger partial charge in [0.2, 0.25) is 0 Å². The van der Waals surface area contributed by atoms with E-state index in [0.717, 1.165) is 18.8 Å². The highest BCUT2D eigenvalue weighted by molar-refractivity contribution is 7.91. The Balaban J connectivity index is 2.13. The molecule has 1 N–H and O–H groups in total. The molecule has 96 valence electrons. The highest BCUT2D eigenvalue weighted by Gasteiger charge is 2.41. The average molecular weight is 258 g/mol. The fourth-order valence-electron chi connectivity index (χ4n) is 2.28. The highest BCUT2D eigenvalue weighted by Crippen LogP contribution is 2.26. The van der Waals surface area contributed by atoms with Crippen molar-refractivity contribution in [1.29, 1.82) is 0 Å². The van der Waals surface area contributed by atoms with Crippen molar-refractivity contribution >= 4 is 9.84 Å². The second-order valence-electron chi connectivity index (χ2n) is 4.78. The van der Waals surface area contributed by atoms with Gasteiger partial charge < -0.3 is 9.67 Å². The van der Waals surface area contributed by atoms with Crippen molar-refractivity contribution in [3.8, 4) is 0 Å². The summed E-state index contributed by atoms with van der Waals surface area (Å²) in [5.41, 5.74) is -1.13. The second kappa shape index (κ2) is 4.42. The molecule has 1 fully saturated rings. The highest BCUT2D eigenvalue weighted by atomic mass is 32.2. The molecule has 1 atom stereocenters. The first-order valence-electron chi connectivity index (χ1n) is 5.87. The lowest BCUT2D eigenvalue weighted by atomic mass is 9.99. The molecule has 0 aromatic carbocycles. The van der Waals surface area contributed by atoms with Crippen LogP contribution in [-0.4, -0.2) is 40.2 Å². The Morgan fingerprint density at radius 3 is 2.94 bits per heavy atom. The average Bonchev–Trinajstić information content (AvgIpc) is 2.73. The van der Waals surface area contributed by atoms with Gasteiger partial charge in [0.15, 0.2) is 9.84 Å². The standard InChI is InChI=1S/C11H18N2O3S/c1-2-5-13-6-4-12-10(13)8-11(14)3-7-17(15,16)9-11/h4,6,14H,2-3,5,7-9H2,1H3. The summed E-state index contributed by atoms with van der Waals surface area (Å²) in [5.74, 6) is 0.711. The van der Waals surface area contributed by atoms with Crippen LogP contribution in [0.25, 0.3) is 0 Å². The minimum Gasteiger partial charge on any atom is -0.388 e. The molecular weight excluding hydrogens is 240 g/mol. The van der Waals surface area contributed by atoms with Crippen LogP contribution in [0.4, 0.5) is 0 Å². The van der Waals surface area contributed by atoms with Gasteiger partial charge in [-0.25, -0.2) is 13.4 Å². The maximum atomic E-state index is 11.4. The van der Waals surface area contributed by atoms with Gasteiger partial charge in [-0.15, -0.1) is 0 Å². The van der Waals surface area contributed by atoms with Gasteiger partial charge in [-0.2, -0.15) is 0 Å². The van der Waals surface area contributed by atoms with Crippen LogP contribution in [0, 0.1) is 0 Å². The van der Waals surface area contributed by atoms with E-state index in [1.165, 1.54) is 0 Å². The number of hydrogen-bond donors (Lipinski definition) is 1. The maximum absolute atomic E-state index is 11.4. The summed E-state index contributed by atoms with van der Waals surface area (Å²) in [4.78, 5) is 4.20. The summed E-state index contributed by atoms with van der Waals surface area (Å²) in [5, 5.41) is 10.3. The molecule has 2 rings (SSSR count). The van der Waals surface area contributed by atoms with E-state index >= 15 is 0 Å². The normalized spacial score (nSPS) is 27.4. The quantitative estimate of drug-likeness (QED) is 0.847. The van der Waals surface area contributed by atoms with Crippen molar-refractivity contribution in [2.24, 2.45) is 0 Å². The third-order valence-corrected chi connectivity index (χ3v) is 4.92. The van der Waals surface area contributed by atoms with Crippen molar-refractivity contribution in [2.75, 3.05) is 11.5 Å². The van der Waals surface area contributed by atoms with Crippen LogP contribution in [0.2, 0.25) is 0 Å². The lowest BCUT2D eigenvalue weighted by molar-refractivity contribution is 0.0651. The molecule has 17 heavy (non-hydrogen) atoms. The Morgan fingerprint density at radius 1 is 1.59 bits per heavy atom. The number of aliphatic hydroxyl groups is 1. The summed E-state index contributed by atoms with van der Waals surface area (Å²) in [6.07, 6.45) is 5.18. The first kappa shape index (κ1) is 12.6. The van der Waals surface area contributed by atoms with Gasteiger partial charge in [0, 0.05) is 25.4 Å². The van der Waals surface area contributed by atoms with Crippen LogP contribution in [-0.2, 0) is 22.8 Å². The molecule has 1 aromatic heterocycles. The zero-order valence-corrected chi connectivity index (χ0v) is 10.8. The fraction of sp³-hybridized carbons (Fsp3) is 0.727. The second-order valence-corrected chi connectivity index (χ2v) is 6.96. The molecule has 0 radical (unpaired) electrons. The Kier molecular flexibility index (Phi) is 3.27. The molecule has 1 unspecified atom stereocenters. The summed E-state index contributed by atoms with van der Waals surface area (Å²) >= 11 is 0. The first-order valence-corrected chi connectivity index (χ1v) is 7.69. The van der Waals surface area contributed by atoms with E-state index in [2.05, 4.69) is 11.9 Å². The van der Waals surface area contributed by atoms with Gasteiger partial charge in [-0.05, 0) is 12.8 Å². The van der Waals surface area contributed by atoms with Crippen molar-refractivity contribution in [1.82, 2.24) is 9.55 Å². The topological polar surface area (TPSA) is 72.2 Å². The molecule has 0 spiro atoms. The SMILES string of the molecule is CCCn1ccnc1CC1(O)CCS(=O)(=O)C1. The zero-order chi connectivity index (χ0) is 12.5. The van der Waals surface area contributed by atoms with E-state index in [1.54, 1.807) is 6.20 Å². The third-order valence-electron chi connectivity index (χ3n) is 3.12. The summed E-state index contributed by atoms with van der Waals surface area (Å²) in [7, 11) is -3.07. The van der Waals surface area contributed by atoms with Gasteiger partial charge in [-0.1, -0.05) is 6.92 Å². The molecule has 5 nitrogen and oxygen atoms in total. The molecule has 1 aliphatic rings. The number of nitrogens with zero attached hydrogens (tertiary/aromatic N) is 2. The van der Waals surface area contributed by atoms with Crippen LogP contribution in [0.15, 0.2) is 12.4 Å². The Morgan fingerprint density at radius 2 is 2.35 bits per heavy atom. The van der Waals surface area contributed by atoms with Crippen LogP contribution in [0.5, 0.6) is 0 Å². The summed E-state index contributed by atoms with van der Waals surface area (Å²) in [6.45, 7) is 2.91. The number of imidazole rings is 1. The van der Waals surface area contributed by atoms with Gasteiger partial charge >= 0.3 is 0 Å². The zero-order valence-electron chi connectivity index (χ0n) is 9.96. The molecule has 0 aliphatic carbocycles. The summed E-state index contributed by atoms with van der Waals surface area (Å²) < 4.78 is 24.8. The number of hydrogen-bond acceptors (Lipinski definition) is 4. The smallest absolute Gasteiger partial charge is 0.153 e. The first-order chi connectivity index (χ1) is 7.94. The molecule has 1 saturated heterocycles. The van der Waals surface area contributed by atoms with E-state index in [0.29, 0.717) is 12.8 Å². The Hall–Kier alpha value is -0.880. The molecule has 6 heteroatoms. The van der Waals surface area contributed by atoms with Gasteiger partial charge in [0.25, 0.3) is 0 Å². The molecular formula is C11H18N2O3S. The van der Waals surface area contributed by atoms with Gasteiger partial charge in [-0.3, -0.25) is 0 Å². The number of rotatable bonds is 4. The van der Waals surface area contributed by atoms with Crippen molar-refractivity contribution in [2.45, 2.75) is 38.3 Å². The van der Waals surface area contributed by atoms with Crippen molar-refractivity contribution < 1.29 is 13.5 Å². The monoisotopic (exact) mass is 258 g/mol. The predicted octanol–water partition coefficient (Wildman–Crippen LogP) is 0.385. The maximum Gasteiger partial charge on any atom is 0.153 e. The Labute approximate surface area is 101 Å². The minimum absolute atomic E-state index is 0.0813.